The summed E-state index contributed by atoms with van der Waals surface area (Å²) in [5.41, 5.74) is 2.40. The van der Waals surface area contributed by atoms with E-state index >= 15 is 0 Å². The first kappa shape index (κ1) is 16.7. The summed E-state index contributed by atoms with van der Waals surface area (Å²) in [7, 11) is 1.16. The third-order valence-electron chi connectivity index (χ3n) is 3.02. The van der Waals surface area contributed by atoms with Crippen LogP contribution in [-0.2, 0) is 11.3 Å². The van der Waals surface area contributed by atoms with Crippen LogP contribution in [0, 0.1) is 0 Å². The van der Waals surface area contributed by atoms with Gasteiger partial charge in [-0.15, -0.1) is 10.7 Å². The van der Waals surface area contributed by atoms with Crippen LogP contribution in [0.5, 0.6) is 0 Å². The zero-order valence-corrected chi connectivity index (χ0v) is 14.9. The lowest BCUT2D eigenvalue weighted by atomic mass is 10.2. The molecular weight excluding hydrogens is 364 g/mol. The maximum Gasteiger partial charge on any atom is 0.339 e. The first-order valence-electron chi connectivity index (χ1n) is 6.53. The third kappa shape index (κ3) is 4.18. The topological polar surface area (TPSA) is 42.4 Å². The number of halogens is 1. The second-order valence-electron chi connectivity index (χ2n) is 4.65. The minimum Gasteiger partial charge on any atom is -0.465 e. The fourth-order valence-corrected chi connectivity index (χ4v) is 3.13. The van der Waals surface area contributed by atoms with Crippen molar-refractivity contribution >= 4 is 44.1 Å². The molecule has 1 unspecified atom stereocenters. The van der Waals surface area contributed by atoms with Gasteiger partial charge in [-0.1, -0.05) is 27.9 Å². The molecule has 2 rings (SSSR count). The number of hydrogen-bond donors (Lipinski definition) is 0. The van der Waals surface area contributed by atoms with Crippen LogP contribution in [0.15, 0.2) is 47.1 Å². The molecule has 0 radical (unpaired) electrons. The zero-order valence-electron chi connectivity index (χ0n) is 12.5. The second-order valence-corrected chi connectivity index (χ2v) is 7.20. The van der Waals surface area contributed by atoms with Crippen molar-refractivity contribution in [3.8, 4) is 0 Å². The molecule has 0 fully saturated rings. The smallest absolute Gasteiger partial charge is 0.339 e. The Kier molecular flexibility index (Phi) is 5.74. The summed E-state index contributed by atoms with van der Waals surface area (Å²) in [6, 6.07) is 11.6. The number of anilines is 1. The standard InChI is InChI=1S/C16H17BrN2O2S/c1-21-16(20)12-7-8-14(18-10-12)11-19(22(2)3)15-6-4-5-13(17)9-15/h4-10H,2,11H2,1,3H3. The number of hydrogen-bond acceptors (Lipinski definition) is 4. The van der Waals surface area contributed by atoms with Gasteiger partial charge in [-0.3, -0.25) is 4.98 Å². The van der Waals surface area contributed by atoms with E-state index in [1.54, 1.807) is 6.07 Å². The van der Waals surface area contributed by atoms with Crippen LogP contribution in [0.3, 0.4) is 0 Å². The number of nitrogens with zero attached hydrogens (tertiary/aromatic N) is 2. The zero-order chi connectivity index (χ0) is 16.1. The summed E-state index contributed by atoms with van der Waals surface area (Å²) in [5, 5.41) is 0. The normalized spacial score (nSPS) is 11.8. The van der Waals surface area contributed by atoms with E-state index < -0.39 is 0 Å². The van der Waals surface area contributed by atoms with Gasteiger partial charge >= 0.3 is 5.97 Å². The molecular formula is C16H17BrN2O2S. The van der Waals surface area contributed by atoms with E-state index in [4.69, 9.17) is 0 Å². The van der Waals surface area contributed by atoms with Gasteiger partial charge in [-0.2, -0.15) is 0 Å². The molecule has 0 amide bonds. The number of carbonyl (C=O) groups is 1. The molecule has 1 atom stereocenters. The highest BCUT2D eigenvalue weighted by Gasteiger charge is 2.11. The highest BCUT2D eigenvalue weighted by molar-refractivity contribution is 9.10. The molecule has 0 aliphatic heterocycles. The Morgan fingerprint density at radius 2 is 2.18 bits per heavy atom. The molecule has 0 bridgehead atoms. The molecule has 0 saturated carbocycles. The van der Waals surface area contributed by atoms with E-state index in [0.29, 0.717) is 12.1 Å². The first-order valence-corrected chi connectivity index (χ1v) is 9.08. The summed E-state index contributed by atoms with van der Waals surface area (Å²) < 4.78 is 7.87. The van der Waals surface area contributed by atoms with Gasteiger partial charge in [0.25, 0.3) is 0 Å². The summed E-state index contributed by atoms with van der Waals surface area (Å²) in [6.45, 7) is 0.626. The Labute approximate surface area is 141 Å². The minimum absolute atomic E-state index is 0.198. The summed E-state index contributed by atoms with van der Waals surface area (Å²) in [4.78, 5) is 15.8. The minimum atomic E-state index is -0.379. The molecule has 0 spiro atoms. The molecule has 116 valence electrons. The number of carbonyl (C=O) groups excluding carboxylic acids is 1. The van der Waals surface area contributed by atoms with Gasteiger partial charge in [0.15, 0.2) is 0 Å². The predicted octanol–water partition coefficient (Wildman–Crippen LogP) is 3.88. The SMILES string of the molecule is C=S(C)N(Cc1ccc(C(=O)OC)cn1)c1cccc(Br)c1. The van der Waals surface area contributed by atoms with Gasteiger partial charge in [0.1, 0.15) is 0 Å². The fourth-order valence-electron chi connectivity index (χ4n) is 1.92. The van der Waals surface area contributed by atoms with Crippen molar-refractivity contribution in [3.63, 3.8) is 0 Å². The van der Waals surface area contributed by atoms with Gasteiger partial charge in [0, 0.05) is 16.4 Å². The fraction of sp³-hybridized carbons (Fsp3) is 0.188. The Morgan fingerprint density at radius 3 is 2.73 bits per heavy atom. The molecule has 2 aromatic rings. The van der Waals surface area contributed by atoms with Crippen LogP contribution in [0.4, 0.5) is 5.69 Å². The first-order chi connectivity index (χ1) is 10.5. The monoisotopic (exact) mass is 380 g/mol. The number of esters is 1. The van der Waals surface area contributed by atoms with Gasteiger partial charge in [-0.05, 0) is 36.6 Å². The molecule has 1 heterocycles. The molecule has 0 saturated heterocycles. The number of methoxy groups -OCH3 is 1. The summed E-state index contributed by atoms with van der Waals surface area (Å²) in [5.74, 6) is 3.76. The van der Waals surface area contributed by atoms with Crippen molar-refractivity contribution in [2.75, 3.05) is 17.7 Å². The highest BCUT2D eigenvalue weighted by atomic mass is 79.9. The molecule has 0 N–H and O–H groups in total. The van der Waals surface area contributed by atoms with Crippen molar-refractivity contribution in [1.82, 2.24) is 4.98 Å². The number of ether oxygens (including phenoxy) is 1. The van der Waals surface area contributed by atoms with E-state index in [0.717, 1.165) is 15.9 Å². The van der Waals surface area contributed by atoms with Crippen molar-refractivity contribution in [2.45, 2.75) is 6.54 Å². The van der Waals surface area contributed by atoms with Crippen molar-refractivity contribution < 1.29 is 9.53 Å². The Morgan fingerprint density at radius 1 is 1.41 bits per heavy atom. The number of rotatable bonds is 5. The lowest BCUT2D eigenvalue weighted by Gasteiger charge is -2.25. The molecule has 0 aliphatic rings. The van der Waals surface area contributed by atoms with Crippen molar-refractivity contribution in [3.05, 3.63) is 58.3 Å². The maximum absolute atomic E-state index is 11.4. The van der Waals surface area contributed by atoms with E-state index in [-0.39, 0.29) is 16.6 Å². The summed E-state index contributed by atoms with van der Waals surface area (Å²) in [6.07, 6.45) is 3.60. The lowest BCUT2D eigenvalue weighted by Crippen LogP contribution is -2.16. The Bertz CT molecular complexity index is 689. The average Bonchev–Trinajstić information content (AvgIpc) is 2.52. The van der Waals surface area contributed by atoms with Gasteiger partial charge < -0.3 is 9.04 Å². The van der Waals surface area contributed by atoms with Gasteiger partial charge in [-0.25, -0.2) is 4.79 Å². The van der Waals surface area contributed by atoms with Crippen LogP contribution in [0.25, 0.3) is 0 Å². The quantitative estimate of drug-likeness (QED) is 0.582. The second kappa shape index (κ2) is 7.56. The van der Waals surface area contributed by atoms with Crippen LogP contribution in [0.1, 0.15) is 16.1 Å². The third-order valence-corrected chi connectivity index (χ3v) is 4.61. The average molecular weight is 381 g/mol. The Balaban J connectivity index is 2.22. The van der Waals surface area contributed by atoms with Crippen molar-refractivity contribution in [1.29, 1.82) is 0 Å². The van der Waals surface area contributed by atoms with Gasteiger partial charge in [0.05, 0.1) is 24.9 Å². The molecule has 4 nitrogen and oxygen atoms in total. The van der Waals surface area contributed by atoms with Crippen LogP contribution in [-0.4, -0.2) is 30.2 Å². The predicted molar refractivity (Wildman–Crippen MR) is 96.5 cm³/mol. The number of benzene rings is 1. The van der Waals surface area contributed by atoms with Gasteiger partial charge in [0.2, 0.25) is 0 Å². The van der Waals surface area contributed by atoms with E-state index in [1.165, 1.54) is 13.3 Å². The molecule has 22 heavy (non-hydrogen) atoms. The number of aromatic nitrogens is 1. The van der Waals surface area contributed by atoms with E-state index in [2.05, 4.69) is 48.1 Å². The summed E-state index contributed by atoms with van der Waals surface area (Å²) >= 11 is 3.49. The van der Waals surface area contributed by atoms with E-state index in [9.17, 15) is 4.79 Å². The van der Waals surface area contributed by atoms with Crippen LogP contribution < -0.4 is 4.31 Å². The van der Waals surface area contributed by atoms with Crippen LogP contribution >= 0.6 is 26.6 Å². The molecule has 1 aromatic heterocycles. The molecule has 6 heteroatoms. The maximum atomic E-state index is 11.4. The number of pyridine rings is 1. The lowest BCUT2D eigenvalue weighted by molar-refractivity contribution is 0.0600. The Hall–Kier alpha value is -1.66. The largest absolute Gasteiger partial charge is 0.465 e. The van der Waals surface area contributed by atoms with E-state index in [1.807, 2.05) is 24.3 Å². The van der Waals surface area contributed by atoms with Crippen LogP contribution in [0.2, 0.25) is 0 Å². The van der Waals surface area contributed by atoms with Crippen molar-refractivity contribution in [2.24, 2.45) is 0 Å². The highest BCUT2D eigenvalue weighted by Crippen LogP contribution is 2.28. The molecule has 0 aliphatic carbocycles. The molecule has 1 aromatic carbocycles.